The number of hydrogen-bond donors (Lipinski definition) is 0. The van der Waals surface area contributed by atoms with Crippen LogP contribution >= 0.6 is 0 Å². The molecule has 5 nitrogen and oxygen atoms in total. The van der Waals surface area contributed by atoms with E-state index in [0.717, 1.165) is 89.9 Å². The molecule has 0 saturated heterocycles. The van der Waals surface area contributed by atoms with Gasteiger partial charge in [-0.2, -0.15) is 0 Å². The van der Waals surface area contributed by atoms with E-state index in [-0.39, 0.29) is 25.2 Å². The molecule has 0 aromatic carbocycles. The Hall–Kier alpha value is -2.92. The van der Waals surface area contributed by atoms with E-state index in [4.69, 9.17) is 14.2 Å². The predicted molar refractivity (Wildman–Crippen MR) is 251 cm³/mol. The first-order chi connectivity index (χ1) is 28.6. The van der Waals surface area contributed by atoms with E-state index >= 15 is 0 Å². The molecule has 0 radical (unpaired) electrons. The number of carbonyl (C=O) groups excluding carboxylic acids is 2. The molecular formula is C53H90O5. The molecule has 0 aliphatic heterocycles. The van der Waals surface area contributed by atoms with Crippen LogP contribution in [0.4, 0.5) is 0 Å². The van der Waals surface area contributed by atoms with Gasteiger partial charge in [0.1, 0.15) is 6.61 Å². The number of rotatable bonds is 43. The number of carbonyl (C=O) groups is 2. The van der Waals surface area contributed by atoms with Gasteiger partial charge in [-0.25, -0.2) is 0 Å². The number of hydrogen-bond acceptors (Lipinski definition) is 5. The minimum atomic E-state index is -0.585. The average Bonchev–Trinajstić information content (AvgIpc) is 3.22. The van der Waals surface area contributed by atoms with Gasteiger partial charge in [-0.1, -0.05) is 189 Å². The third-order valence-electron chi connectivity index (χ3n) is 9.90. The van der Waals surface area contributed by atoms with Crippen LogP contribution in [0.25, 0.3) is 0 Å². The summed E-state index contributed by atoms with van der Waals surface area (Å²) < 4.78 is 17.2. The molecule has 1 unspecified atom stereocenters. The zero-order valence-electron chi connectivity index (χ0n) is 38.0. The Morgan fingerprint density at radius 3 is 1.29 bits per heavy atom. The molecule has 0 heterocycles. The summed E-state index contributed by atoms with van der Waals surface area (Å²) in [6.45, 7) is 7.44. The Balaban J connectivity index is 4.39. The van der Waals surface area contributed by atoms with E-state index in [1.807, 2.05) is 0 Å². The summed E-state index contributed by atoms with van der Waals surface area (Å²) in [5, 5.41) is 0. The topological polar surface area (TPSA) is 61.8 Å². The van der Waals surface area contributed by atoms with Gasteiger partial charge in [0.15, 0.2) is 6.10 Å². The Labute approximate surface area is 359 Å². The maximum Gasteiger partial charge on any atom is 0.306 e. The third kappa shape index (κ3) is 45.8. The number of unbranched alkanes of at least 4 members (excludes halogenated alkanes) is 18. The second-order valence-electron chi connectivity index (χ2n) is 15.6. The second kappa shape index (κ2) is 48.4. The third-order valence-corrected chi connectivity index (χ3v) is 9.90. The monoisotopic (exact) mass is 807 g/mol. The van der Waals surface area contributed by atoms with Crippen LogP contribution in [-0.4, -0.2) is 37.9 Å². The van der Waals surface area contributed by atoms with Gasteiger partial charge in [0, 0.05) is 12.8 Å². The molecule has 0 rings (SSSR count). The molecule has 0 aromatic rings. The van der Waals surface area contributed by atoms with Crippen molar-refractivity contribution < 1.29 is 23.8 Å². The van der Waals surface area contributed by atoms with Crippen molar-refractivity contribution in [2.45, 2.75) is 219 Å². The maximum absolute atomic E-state index is 12.7. The van der Waals surface area contributed by atoms with Crippen LogP contribution in [0.5, 0.6) is 0 Å². The van der Waals surface area contributed by atoms with Crippen molar-refractivity contribution in [1.82, 2.24) is 0 Å². The van der Waals surface area contributed by atoms with Crippen LogP contribution in [0.15, 0.2) is 85.1 Å². The van der Waals surface area contributed by atoms with Crippen LogP contribution in [0.1, 0.15) is 213 Å². The van der Waals surface area contributed by atoms with Crippen molar-refractivity contribution in [2.24, 2.45) is 0 Å². The number of allylic oxidation sites excluding steroid dienone is 13. The minimum absolute atomic E-state index is 0.0447. The highest BCUT2D eigenvalue weighted by Crippen LogP contribution is 2.12. The van der Waals surface area contributed by atoms with Crippen molar-refractivity contribution in [3.05, 3.63) is 85.1 Å². The van der Waals surface area contributed by atoms with Crippen LogP contribution in [0, 0.1) is 0 Å². The Morgan fingerprint density at radius 2 is 0.793 bits per heavy atom. The van der Waals surface area contributed by atoms with E-state index in [2.05, 4.69) is 106 Å². The van der Waals surface area contributed by atoms with Gasteiger partial charge < -0.3 is 14.2 Å². The fourth-order valence-electron chi connectivity index (χ4n) is 6.31. The van der Waals surface area contributed by atoms with Gasteiger partial charge >= 0.3 is 11.9 Å². The first-order valence-corrected chi connectivity index (χ1v) is 24.1. The summed E-state index contributed by atoms with van der Waals surface area (Å²) in [5.41, 5.74) is 0. The second-order valence-corrected chi connectivity index (χ2v) is 15.6. The van der Waals surface area contributed by atoms with E-state index in [0.29, 0.717) is 19.4 Å². The van der Waals surface area contributed by atoms with Gasteiger partial charge in [-0.05, 0) is 96.3 Å². The Kier molecular flexibility index (Phi) is 46.0. The summed E-state index contributed by atoms with van der Waals surface area (Å²) in [7, 11) is 0. The predicted octanol–water partition coefficient (Wildman–Crippen LogP) is 16.1. The molecule has 0 aromatic heterocycles. The maximum atomic E-state index is 12.7. The Bertz CT molecular complexity index is 1090. The summed E-state index contributed by atoms with van der Waals surface area (Å²) >= 11 is 0. The molecular weight excluding hydrogens is 717 g/mol. The molecule has 332 valence electrons. The quantitative estimate of drug-likeness (QED) is 0.0349. The molecule has 0 N–H and O–H groups in total. The molecule has 1 atom stereocenters. The van der Waals surface area contributed by atoms with E-state index in [1.54, 1.807) is 0 Å². The highest BCUT2D eigenvalue weighted by molar-refractivity contribution is 5.70. The van der Waals surface area contributed by atoms with Gasteiger partial charge in [0.2, 0.25) is 0 Å². The van der Waals surface area contributed by atoms with Crippen molar-refractivity contribution in [1.29, 1.82) is 0 Å². The molecule has 0 spiro atoms. The average molecular weight is 807 g/mol. The normalized spacial score (nSPS) is 12.9. The van der Waals surface area contributed by atoms with Crippen molar-refractivity contribution in [3.63, 3.8) is 0 Å². The van der Waals surface area contributed by atoms with Gasteiger partial charge in [-0.3, -0.25) is 9.59 Å². The highest BCUT2D eigenvalue weighted by Gasteiger charge is 2.17. The number of ether oxygens (including phenoxy) is 3. The summed E-state index contributed by atoms with van der Waals surface area (Å²) in [5.74, 6) is -0.462. The molecule has 0 fully saturated rings. The largest absolute Gasteiger partial charge is 0.462 e. The van der Waals surface area contributed by atoms with Crippen LogP contribution in [0.3, 0.4) is 0 Å². The van der Waals surface area contributed by atoms with Crippen molar-refractivity contribution in [2.75, 3.05) is 19.8 Å². The van der Waals surface area contributed by atoms with Crippen molar-refractivity contribution in [3.8, 4) is 0 Å². The molecule has 0 amide bonds. The number of esters is 2. The fraction of sp³-hybridized carbons (Fsp3) is 0.698. The highest BCUT2D eigenvalue weighted by atomic mass is 16.6. The lowest BCUT2D eigenvalue weighted by Crippen LogP contribution is -2.30. The minimum Gasteiger partial charge on any atom is -0.462 e. The van der Waals surface area contributed by atoms with Gasteiger partial charge in [-0.15, -0.1) is 0 Å². The van der Waals surface area contributed by atoms with Gasteiger partial charge in [0.25, 0.3) is 0 Å². The molecule has 5 heteroatoms. The SMILES string of the molecule is CC/C=C\C/C=C\C/C=C\C/C=C\C/C=C\CCOCC(COC(=O)CCCCCCC/C=C\CCCCCCCC)OC(=O)CCCCCCC/C=C\CCCC. The lowest BCUT2D eigenvalue weighted by Gasteiger charge is -2.18. The smallest absolute Gasteiger partial charge is 0.306 e. The molecule has 58 heavy (non-hydrogen) atoms. The lowest BCUT2D eigenvalue weighted by atomic mass is 10.1. The van der Waals surface area contributed by atoms with Crippen LogP contribution in [0.2, 0.25) is 0 Å². The van der Waals surface area contributed by atoms with Gasteiger partial charge in [0.05, 0.1) is 13.2 Å². The summed E-state index contributed by atoms with van der Waals surface area (Å²) in [6.07, 6.45) is 63.2. The Morgan fingerprint density at radius 1 is 0.397 bits per heavy atom. The molecule has 0 aliphatic carbocycles. The molecule has 0 aliphatic rings. The first-order valence-electron chi connectivity index (χ1n) is 24.1. The molecule has 0 saturated carbocycles. The lowest BCUT2D eigenvalue weighted by molar-refractivity contribution is -0.162. The van der Waals surface area contributed by atoms with E-state index in [1.165, 1.54) is 89.9 Å². The summed E-state index contributed by atoms with van der Waals surface area (Å²) in [4.78, 5) is 25.3. The standard InChI is InChI=1S/C53H90O5/c1-4-7-10-13-16-19-22-24-26-28-30-33-36-39-42-45-48-56-49-51(58-53(55)47-44-41-38-35-31-21-18-15-12-9-6-3)50-57-52(54)46-43-40-37-34-32-29-27-25-23-20-17-14-11-8-5-2/h7,10,15-16,18-19,24-27,30,33,39,42,51H,4-6,8-9,11-14,17,20-23,28-29,31-32,34-38,40-41,43-50H2,1-3H3/b10-7-,18-15-,19-16-,26-24-,27-25-,33-30-,42-39-. The van der Waals surface area contributed by atoms with Crippen molar-refractivity contribution >= 4 is 11.9 Å². The fourth-order valence-corrected chi connectivity index (χ4v) is 6.31. The zero-order valence-corrected chi connectivity index (χ0v) is 38.0. The molecule has 0 bridgehead atoms. The van der Waals surface area contributed by atoms with E-state index < -0.39 is 6.10 Å². The summed E-state index contributed by atoms with van der Waals surface area (Å²) in [6, 6.07) is 0. The zero-order chi connectivity index (χ0) is 42.1. The van der Waals surface area contributed by atoms with E-state index in [9.17, 15) is 9.59 Å². The van der Waals surface area contributed by atoms with Crippen LogP contribution in [-0.2, 0) is 23.8 Å². The first kappa shape index (κ1) is 55.1. The van der Waals surface area contributed by atoms with Crippen LogP contribution < -0.4 is 0 Å².